The highest BCUT2D eigenvalue weighted by Gasteiger charge is 2.15. The maximum Gasteiger partial charge on any atom is 0.261 e. The molecule has 9 heteroatoms. The zero-order chi connectivity index (χ0) is 24.9. The lowest BCUT2D eigenvalue weighted by Gasteiger charge is -2.27. The predicted octanol–water partition coefficient (Wildman–Crippen LogP) is 4.26. The first kappa shape index (κ1) is 23.5. The van der Waals surface area contributed by atoms with Crippen LogP contribution in [0.4, 0.5) is 23.1 Å². The Labute approximate surface area is 209 Å². The molecule has 2 aromatic heterocycles. The standard InChI is InChI=1S/C27H29N7O2/c1-19-17-24(32-27(29-19)33-14-5-2-6-15-33)30-20-9-11-21(12-10-20)31-25(35)13-16-34-18-28-23-8-4-3-7-22(23)26(34)36/h3-4,7-12,17-18H,2,5-6,13-16H2,1H3,(H,31,35)(H,29,30,32). The van der Waals surface area contributed by atoms with Gasteiger partial charge in [0.2, 0.25) is 11.9 Å². The Morgan fingerprint density at radius 3 is 2.53 bits per heavy atom. The van der Waals surface area contributed by atoms with E-state index in [2.05, 4.69) is 25.5 Å². The fourth-order valence-electron chi connectivity index (χ4n) is 4.35. The largest absolute Gasteiger partial charge is 0.341 e. The van der Waals surface area contributed by atoms with Crippen LogP contribution in [0.3, 0.4) is 0 Å². The number of amides is 1. The van der Waals surface area contributed by atoms with Crippen molar-refractivity contribution >= 4 is 40.0 Å². The van der Waals surface area contributed by atoms with Crippen LogP contribution in [0.5, 0.6) is 0 Å². The minimum atomic E-state index is -0.173. The molecule has 0 bridgehead atoms. The van der Waals surface area contributed by atoms with Crippen LogP contribution < -0.4 is 21.1 Å². The van der Waals surface area contributed by atoms with E-state index in [9.17, 15) is 9.59 Å². The molecule has 1 saturated heterocycles. The van der Waals surface area contributed by atoms with E-state index in [1.807, 2.05) is 43.3 Å². The molecule has 1 aliphatic heterocycles. The van der Waals surface area contributed by atoms with Crippen LogP contribution in [0.1, 0.15) is 31.4 Å². The van der Waals surface area contributed by atoms with Gasteiger partial charge in [0.1, 0.15) is 5.82 Å². The molecule has 3 heterocycles. The maximum atomic E-state index is 12.6. The number of aryl methyl sites for hydroxylation is 2. The summed E-state index contributed by atoms with van der Waals surface area (Å²) in [7, 11) is 0. The number of piperidine rings is 1. The van der Waals surface area contributed by atoms with Crippen LogP contribution >= 0.6 is 0 Å². The lowest BCUT2D eigenvalue weighted by molar-refractivity contribution is -0.116. The zero-order valence-corrected chi connectivity index (χ0v) is 20.3. The average Bonchev–Trinajstić information content (AvgIpc) is 2.90. The molecule has 0 saturated carbocycles. The third-order valence-corrected chi connectivity index (χ3v) is 6.23. The number of rotatable bonds is 7. The van der Waals surface area contributed by atoms with Crippen molar-refractivity contribution in [2.75, 3.05) is 28.6 Å². The van der Waals surface area contributed by atoms with Gasteiger partial charge < -0.3 is 15.5 Å². The van der Waals surface area contributed by atoms with Crippen LogP contribution in [0.2, 0.25) is 0 Å². The second-order valence-electron chi connectivity index (χ2n) is 9.00. The van der Waals surface area contributed by atoms with E-state index < -0.39 is 0 Å². The Balaban J connectivity index is 1.18. The van der Waals surface area contributed by atoms with Crippen molar-refractivity contribution in [2.24, 2.45) is 0 Å². The summed E-state index contributed by atoms with van der Waals surface area (Å²) in [6.07, 6.45) is 5.26. The van der Waals surface area contributed by atoms with Gasteiger partial charge in [-0.1, -0.05) is 12.1 Å². The smallest absolute Gasteiger partial charge is 0.261 e. The van der Waals surface area contributed by atoms with Gasteiger partial charge in [-0.05, 0) is 62.6 Å². The van der Waals surface area contributed by atoms with Crippen molar-refractivity contribution in [1.82, 2.24) is 19.5 Å². The van der Waals surface area contributed by atoms with Gasteiger partial charge in [0.05, 0.1) is 17.2 Å². The monoisotopic (exact) mass is 483 g/mol. The van der Waals surface area contributed by atoms with Crippen LogP contribution in [0.25, 0.3) is 10.9 Å². The summed E-state index contributed by atoms with van der Waals surface area (Å²) in [5.41, 5.74) is 2.97. The third kappa shape index (κ3) is 5.51. The summed E-state index contributed by atoms with van der Waals surface area (Å²) < 4.78 is 1.47. The molecule has 0 radical (unpaired) electrons. The minimum Gasteiger partial charge on any atom is -0.341 e. The minimum absolute atomic E-state index is 0.146. The Bertz CT molecular complexity index is 1430. The molecular weight excluding hydrogens is 454 g/mol. The number of carbonyl (C=O) groups is 1. The van der Waals surface area contributed by atoms with Crippen molar-refractivity contribution in [3.63, 3.8) is 0 Å². The lowest BCUT2D eigenvalue weighted by Crippen LogP contribution is -2.31. The number of fused-ring (bicyclic) bond motifs is 1. The molecule has 36 heavy (non-hydrogen) atoms. The highest BCUT2D eigenvalue weighted by atomic mass is 16.2. The topological polar surface area (TPSA) is 105 Å². The van der Waals surface area contributed by atoms with Crippen molar-refractivity contribution in [3.05, 3.63) is 77.0 Å². The molecule has 0 unspecified atom stereocenters. The van der Waals surface area contributed by atoms with Gasteiger partial charge in [-0.15, -0.1) is 0 Å². The van der Waals surface area contributed by atoms with E-state index in [-0.39, 0.29) is 24.4 Å². The zero-order valence-electron chi connectivity index (χ0n) is 20.3. The van der Waals surface area contributed by atoms with Crippen LogP contribution in [-0.4, -0.2) is 38.5 Å². The molecule has 2 N–H and O–H groups in total. The van der Waals surface area contributed by atoms with Crippen molar-refractivity contribution in [1.29, 1.82) is 0 Å². The average molecular weight is 484 g/mol. The molecule has 4 aromatic rings. The number of para-hydroxylation sites is 1. The Hall–Kier alpha value is -4.27. The molecule has 184 valence electrons. The summed E-state index contributed by atoms with van der Waals surface area (Å²) in [4.78, 5) is 40.9. The number of nitrogens with one attached hydrogen (secondary N) is 2. The molecule has 0 atom stereocenters. The third-order valence-electron chi connectivity index (χ3n) is 6.23. The predicted molar refractivity (Wildman–Crippen MR) is 142 cm³/mol. The number of hydrogen-bond acceptors (Lipinski definition) is 7. The Kier molecular flexibility index (Phi) is 6.88. The highest BCUT2D eigenvalue weighted by Crippen LogP contribution is 2.22. The van der Waals surface area contributed by atoms with Crippen molar-refractivity contribution in [3.8, 4) is 0 Å². The van der Waals surface area contributed by atoms with Gasteiger partial charge in [-0.2, -0.15) is 4.98 Å². The first-order valence-corrected chi connectivity index (χ1v) is 12.3. The first-order chi connectivity index (χ1) is 17.5. The van der Waals surface area contributed by atoms with E-state index in [1.54, 1.807) is 18.2 Å². The molecule has 0 spiro atoms. The molecule has 1 fully saturated rings. The molecular formula is C27H29N7O2. The van der Waals surface area contributed by atoms with Crippen LogP contribution in [0.15, 0.2) is 65.7 Å². The van der Waals surface area contributed by atoms with Gasteiger partial charge in [-0.25, -0.2) is 9.97 Å². The maximum absolute atomic E-state index is 12.6. The number of carbonyl (C=O) groups excluding carboxylic acids is 1. The fraction of sp³-hybridized carbons (Fsp3) is 0.296. The number of hydrogen-bond donors (Lipinski definition) is 2. The van der Waals surface area contributed by atoms with Crippen molar-refractivity contribution < 1.29 is 4.79 Å². The number of anilines is 4. The summed E-state index contributed by atoms with van der Waals surface area (Å²) in [6, 6.07) is 16.6. The van der Waals surface area contributed by atoms with Gasteiger partial charge in [0, 0.05) is 49.2 Å². The second kappa shape index (κ2) is 10.6. The molecule has 2 aromatic carbocycles. The van der Waals surface area contributed by atoms with Gasteiger partial charge in [-0.3, -0.25) is 14.2 Å². The van der Waals surface area contributed by atoms with E-state index in [0.717, 1.165) is 36.2 Å². The fourth-order valence-corrected chi connectivity index (χ4v) is 4.35. The first-order valence-electron chi connectivity index (χ1n) is 12.3. The summed E-state index contributed by atoms with van der Waals surface area (Å²) in [5.74, 6) is 1.34. The van der Waals surface area contributed by atoms with E-state index >= 15 is 0 Å². The Morgan fingerprint density at radius 1 is 0.972 bits per heavy atom. The van der Waals surface area contributed by atoms with Crippen LogP contribution in [-0.2, 0) is 11.3 Å². The molecule has 5 rings (SSSR count). The highest BCUT2D eigenvalue weighted by molar-refractivity contribution is 5.90. The lowest BCUT2D eigenvalue weighted by atomic mass is 10.1. The summed E-state index contributed by atoms with van der Waals surface area (Å²) in [5, 5.41) is 6.77. The van der Waals surface area contributed by atoms with Gasteiger partial charge in [0.15, 0.2) is 0 Å². The number of aromatic nitrogens is 4. The van der Waals surface area contributed by atoms with E-state index in [0.29, 0.717) is 16.6 Å². The number of nitrogens with zero attached hydrogens (tertiary/aromatic N) is 5. The van der Waals surface area contributed by atoms with Gasteiger partial charge in [0.25, 0.3) is 5.56 Å². The number of benzene rings is 2. The normalized spacial score (nSPS) is 13.5. The summed E-state index contributed by atoms with van der Waals surface area (Å²) >= 11 is 0. The quantitative estimate of drug-likeness (QED) is 0.405. The molecule has 1 aliphatic rings. The summed E-state index contributed by atoms with van der Waals surface area (Å²) in [6.45, 7) is 4.21. The molecule has 1 amide bonds. The van der Waals surface area contributed by atoms with E-state index in [1.165, 1.54) is 30.2 Å². The molecule has 0 aliphatic carbocycles. The van der Waals surface area contributed by atoms with Crippen LogP contribution in [0, 0.1) is 6.92 Å². The second-order valence-corrected chi connectivity index (χ2v) is 9.00. The van der Waals surface area contributed by atoms with Gasteiger partial charge >= 0.3 is 0 Å². The SMILES string of the molecule is Cc1cc(Nc2ccc(NC(=O)CCn3cnc4ccccc4c3=O)cc2)nc(N2CCCCC2)n1. The van der Waals surface area contributed by atoms with E-state index in [4.69, 9.17) is 4.98 Å². The molecule has 9 nitrogen and oxygen atoms in total. The van der Waals surface area contributed by atoms with Crippen molar-refractivity contribution in [2.45, 2.75) is 39.2 Å². The Morgan fingerprint density at radius 2 is 1.72 bits per heavy atom.